The van der Waals surface area contributed by atoms with Crippen LogP contribution in [0.2, 0.25) is 0 Å². The molecule has 4 rings (SSSR count). The molecule has 2 amide bonds. The molecule has 6 heteroatoms. The molecule has 158 valence electrons. The van der Waals surface area contributed by atoms with Gasteiger partial charge in [0.2, 0.25) is 0 Å². The fourth-order valence-corrected chi connectivity index (χ4v) is 4.23. The summed E-state index contributed by atoms with van der Waals surface area (Å²) in [4.78, 5) is 28.9. The van der Waals surface area contributed by atoms with Crippen LogP contribution >= 0.6 is 0 Å². The Morgan fingerprint density at radius 2 is 1.57 bits per heavy atom. The van der Waals surface area contributed by atoms with Crippen LogP contribution in [0.15, 0.2) is 48.5 Å². The molecule has 2 saturated heterocycles. The van der Waals surface area contributed by atoms with Gasteiger partial charge in [0, 0.05) is 43.2 Å². The van der Waals surface area contributed by atoms with Gasteiger partial charge in [-0.05, 0) is 62.1 Å². The highest BCUT2D eigenvalue weighted by atomic mass is 19.1. The number of benzene rings is 2. The SMILES string of the molecule is O=C(c1cccc(OC[C@H]2CCCN(C(=O)c3cccc(F)c3)C2)c1)N1CCCC1. The van der Waals surface area contributed by atoms with Crippen LogP contribution in [0.3, 0.4) is 0 Å². The first-order valence-corrected chi connectivity index (χ1v) is 10.7. The van der Waals surface area contributed by atoms with Crippen molar-refractivity contribution < 1.29 is 18.7 Å². The van der Waals surface area contributed by atoms with Crippen LogP contribution in [0.4, 0.5) is 4.39 Å². The molecular formula is C24H27FN2O3. The number of hydrogen-bond acceptors (Lipinski definition) is 3. The number of halogens is 1. The first kappa shape index (κ1) is 20.4. The molecule has 0 spiro atoms. The molecule has 0 radical (unpaired) electrons. The highest BCUT2D eigenvalue weighted by molar-refractivity contribution is 5.95. The molecule has 30 heavy (non-hydrogen) atoms. The predicted molar refractivity (Wildman–Crippen MR) is 112 cm³/mol. The number of carbonyl (C=O) groups excluding carboxylic acids is 2. The van der Waals surface area contributed by atoms with Crippen molar-refractivity contribution in [2.24, 2.45) is 5.92 Å². The Hall–Kier alpha value is -2.89. The summed E-state index contributed by atoms with van der Waals surface area (Å²) < 4.78 is 19.4. The molecule has 0 bridgehead atoms. The van der Waals surface area contributed by atoms with E-state index < -0.39 is 5.82 Å². The predicted octanol–water partition coefficient (Wildman–Crippen LogP) is 3.99. The number of hydrogen-bond donors (Lipinski definition) is 0. The van der Waals surface area contributed by atoms with E-state index >= 15 is 0 Å². The molecule has 2 aliphatic rings. The number of ether oxygens (including phenoxy) is 1. The zero-order chi connectivity index (χ0) is 20.9. The van der Waals surface area contributed by atoms with E-state index in [4.69, 9.17) is 4.74 Å². The molecule has 0 unspecified atom stereocenters. The van der Waals surface area contributed by atoms with Crippen molar-refractivity contribution in [2.45, 2.75) is 25.7 Å². The van der Waals surface area contributed by atoms with Crippen molar-refractivity contribution >= 4 is 11.8 Å². The minimum atomic E-state index is -0.402. The van der Waals surface area contributed by atoms with Crippen molar-refractivity contribution in [3.05, 3.63) is 65.5 Å². The Balaban J connectivity index is 1.34. The van der Waals surface area contributed by atoms with Crippen LogP contribution < -0.4 is 4.74 Å². The second kappa shape index (κ2) is 9.28. The van der Waals surface area contributed by atoms with E-state index in [1.165, 1.54) is 12.1 Å². The zero-order valence-corrected chi connectivity index (χ0v) is 17.1. The van der Waals surface area contributed by atoms with Crippen molar-refractivity contribution in [3.63, 3.8) is 0 Å². The Bertz CT molecular complexity index is 911. The normalized spacial score (nSPS) is 19.0. The summed E-state index contributed by atoms with van der Waals surface area (Å²) in [6.45, 7) is 3.38. The van der Waals surface area contributed by atoms with Crippen LogP contribution in [0.1, 0.15) is 46.4 Å². The number of nitrogens with zero attached hydrogens (tertiary/aromatic N) is 2. The lowest BCUT2D eigenvalue weighted by molar-refractivity contribution is 0.0632. The third kappa shape index (κ3) is 4.81. The van der Waals surface area contributed by atoms with E-state index in [2.05, 4.69) is 0 Å². The molecular weight excluding hydrogens is 383 g/mol. The summed E-state index contributed by atoms with van der Waals surface area (Å²) in [6, 6.07) is 13.2. The van der Waals surface area contributed by atoms with Gasteiger partial charge >= 0.3 is 0 Å². The lowest BCUT2D eigenvalue weighted by atomic mass is 9.98. The van der Waals surface area contributed by atoms with Crippen LogP contribution in [0, 0.1) is 11.7 Å². The topological polar surface area (TPSA) is 49.9 Å². The van der Waals surface area contributed by atoms with Gasteiger partial charge in [-0.2, -0.15) is 0 Å². The van der Waals surface area contributed by atoms with Gasteiger partial charge in [-0.3, -0.25) is 9.59 Å². The third-order valence-corrected chi connectivity index (χ3v) is 5.84. The standard InChI is InChI=1S/C24H27FN2O3/c25-21-9-3-7-19(14-21)24(29)27-13-5-6-18(16-27)17-30-22-10-4-8-20(15-22)23(28)26-11-1-2-12-26/h3-4,7-10,14-15,18H,1-2,5-6,11-13,16-17H2/t18-/m0/s1. The van der Waals surface area contributed by atoms with E-state index in [1.54, 1.807) is 23.1 Å². The Labute approximate surface area is 176 Å². The lowest BCUT2D eigenvalue weighted by Crippen LogP contribution is -2.41. The Morgan fingerprint density at radius 1 is 0.900 bits per heavy atom. The van der Waals surface area contributed by atoms with E-state index in [0.717, 1.165) is 38.8 Å². The summed E-state index contributed by atoms with van der Waals surface area (Å²) in [6.07, 6.45) is 3.99. The second-order valence-corrected chi connectivity index (χ2v) is 8.11. The molecule has 0 aliphatic carbocycles. The first-order chi connectivity index (χ1) is 14.6. The van der Waals surface area contributed by atoms with Gasteiger partial charge < -0.3 is 14.5 Å². The molecule has 0 aromatic heterocycles. The Morgan fingerprint density at radius 3 is 2.33 bits per heavy atom. The summed E-state index contributed by atoms with van der Waals surface area (Å²) in [7, 11) is 0. The van der Waals surface area contributed by atoms with Crippen LogP contribution in [-0.4, -0.2) is 54.4 Å². The first-order valence-electron chi connectivity index (χ1n) is 10.7. The number of carbonyl (C=O) groups is 2. The van der Waals surface area contributed by atoms with E-state index in [9.17, 15) is 14.0 Å². The van der Waals surface area contributed by atoms with Gasteiger partial charge in [0.1, 0.15) is 11.6 Å². The Kier molecular flexibility index (Phi) is 6.31. The maximum atomic E-state index is 13.5. The van der Waals surface area contributed by atoms with E-state index in [-0.39, 0.29) is 17.7 Å². The highest BCUT2D eigenvalue weighted by Crippen LogP contribution is 2.22. The molecule has 2 fully saturated rings. The molecule has 5 nitrogen and oxygen atoms in total. The van der Waals surface area contributed by atoms with Gasteiger partial charge in [-0.25, -0.2) is 4.39 Å². The van der Waals surface area contributed by atoms with E-state index in [1.807, 2.05) is 23.1 Å². The average molecular weight is 410 g/mol. The third-order valence-electron chi connectivity index (χ3n) is 5.84. The highest BCUT2D eigenvalue weighted by Gasteiger charge is 2.25. The van der Waals surface area contributed by atoms with Crippen LogP contribution in [-0.2, 0) is 0 Å². The molecule has 1 atom stereocenters. The number of piperidine rings is 1. The van der Waals surface area contributed by atoms with E-state index in [0.29, 0.717) is 36.6 Å². The van der Waals surface area contributed by atoms with Crippen molar-refractivity contribution in [3.8, 4) is 5.75 Å². The van der Waals surface area contributed by atoms with Gasteiger partial charge in [0.15, 0.2) is 0 Å². The maximum absolute atomic E-state index is 13.5. The van der Waals surface area contributed by atoms with Crippen molar-refractivity contribution in [1.82, 2.24) is 9.80 Å². The minimum absolute atomic E-state index is 0.0579. The van der Waals surface area contributed by atoms with Gasteiger partial charge in [-0.15, -0.1) is 0 Å². The molecule has 0 N–H and O–H groups in total. The van der Waals surface area contributed by atoms with Gasteiger partial charge in [-0.1, -0.05) is 12.1 Å². The minimum Gasteiger partial charge on any atom is -0.493 e. The number of amides is 2. The van der Waals surface area contributed by atoms with Crippen molar-refractivity contribution in [1.29, 1.82) is 0 Å². The van der Waals surface area contributed by atoms with Gasteiger partial charge in [0.05, 0.1) is 6.61 Å². The number of rotatable bonds is 5. The second-order valence-electron chi connectivity index (χ2n) is 8.11. The smallest absolute Gasteiger partial charge is 0.253 e. The van der Waals surface area contributed by atoms with Gasteiger partial charge in [0.25, 0.3) is 11.8 Å². The largest absolute Gasteiger partial charge is 0.493 e. The molecule has 2 heterocycles. The van der Waals surface area contributed by atoms with Crippen molar-refractivity contribution in [2.75, 3.05) is 32.8 Å². The fraction of sp³-hybridized carbons (Fsp3) is 0.417. The molecule has 0 saturated carbocycles. The summed E-state index contributed by atoms with van der Waals surface area (Å²) in [5.74, 6) is 0.392. The monoisotopic (exact) mass is 410 g/mol. The summed E-state index contributed by atoms with van der Waals surface area (Å²) in [5, 5.41) is 0. The molecule has 2 aliphatic heterocycles. The van der Waals surface area contributed by atoms with Crippen LogP contribution in [0.25, 0.3) is 0 Å². The average Bonchev–Trinajstić information content (AvgIpc) is 3.32. The molecule has 2 aromatic carbocycles. The number of likely N-dealkylation sites (tertiary alicyclic amines) is 2. The zero-order valence-electron chi connectivity index (χ0n) is 17.1. The van der Waals surface area contributed by atoms with Crippen LogP contribution in [0.5, 0.6) is 5.75 Å². The quantitative estimate of drug-likeness (QED) is 0.749. The lowest BCUT2D eigenvalue weighted by Gasteiger charge is -2.32. The fourth-order valence-electron chi connectivity index (χ4n) is 4.23. The maximum Gasteiger partial charge on any atom is 0.253 e. The summed E-state index contributed by atoms with van der Waals surface area (Å²) in [5.41, 5.74) is 1.03. The summed E-state index contributed by atoms with van der Waals surface area (Å²) >= 11 is 0. The molecule has 2 aromatic rings.